The summed E-state index contributed by atoms with van der Waals surface area (Å²) in [5.41, 5.74) is 0.350. The highest BCUT2D eigenvalue weighted by Gasteiger charge is 2.59. The van der Waals surface area contributed by atoms with Crippen LogP contribution >= 0.6 is 15.9 Å². The number of aliphatic carboxylic acids is 1. The van der Waals surface area contributed by atoms with Crippen molar-refractivity contribution in [2.75, 3.05) is 7.11 Å². The third-order valence-electron chi connectivity index (χ3n) is 7.81. The van der Waals surface area contributed by atoms with Crippen molar-refractivity contribution in [3.63, 3.8) is 0 Å². The number of benzene rings is 1. The lowest BCUT2D eigenvalue weighted by molar-refractivity contribution is -0.154. The second-order valence-electron chi connectivity index (χ2n) is 11.3. The van der Waals surface area contributed by atoms with E-state index in [-0.39, 0.29) is 24.0 Å². The van der Waals surface area contributed by atoms with Crippen LogP contribution in [0.3, 0.4) is 0 Å². The second-order valence-corrected chi connectivity index (χ2v) is 12.2. The molecule has 2 heterocycles. The van der Waals surface area contributed by atoms with Crippen molar-refractivity contribution < 1.29 is 28.6 Å². The quantitative estimate of drug-likeness (QED) is 0.415. The van der Waals surface area contributed by atoms with E-state index in [9.17, 15) is 14.7 Å². The zero-order valence-electron chi connectivity index (χ0n) is 22.3. The van der Waals surface area contributed by atoms with Gasteiger partial charge in [-0.15, -0.1) is 0 Å². The number of amides is 1. The first-order valence-corrected chi connectivity index (χ1v) is 13.9. The van der Waals surface area contributed by atoms with Crippen LogP contribution in [0.2, 0.25) is 0 Å². The fraction of sp³-hybridized carbons (Fsp3) is 0.552. The van der Waals surface area contributed by atoms with Crippen LogP contribution in [0.25, 0.3) is 0 Å². The van der Waals surface area contributed by atoms with E-state index in [1.165, 1.54) is 18.1 Å². The number of likely N-dealkylation sites (tertiary alicyclic amines) is 1. The highest BCUT2D eigenvalue weighted by Crippen LogP contribution is 2.51. The normalized spacial score (nSPS) is 24.4. The van der Waals surface area contributed by atoms with E-state index in [2.05, 4.69) is 20.9 Å². The van der Waals surface area contributed by atoms with Gasteiger partial charge in [0, 0.05) is 33.6 Å². The molecule has 1 N–H and O–H groups in total. The molecule has 0 radical (unpaired) electrons. The molecule has 1 amide bonds. The zero-order chi connectivity index (χ0) is 27.6. The summed E-state index contributed by atoms with van der Waals surface area (Å²) >= 11 is 3.43. The molecule has 1 aromatic heterocycles. The predicted octanol–water partition coefficient (Wildman–Crippen LogP) is 6.16. The van der Waals surface area contributed by atoms with Gasteiger partial charge in [-0.1, -0.05) is 58.2 Å². The molecule has 0 bridgehead atoms. The molecule has 38 heavy (non-hydrogen) atoms. The Morgan fingerprint density at radius 1 is 1.18 bits per heavy atom. The maximum Gasteiger partial charge on any atom is 0.326 e. The van der Waals surface area contributed by atoms with Crippen molar-refractivity contribution in [2.45, 2.75) is 77.7 Å². The fourth-order valence-electron chi connectivity index (χ4n) is 6.13. The molecule has 4 rings (SSSR count). The van der Waals surface area contributed by atoms with Crippen LogP contribution in [-0.2, 0) is 20.9 Å². The Morgan fingerprint density at radius 2 is 1.87 bits per heavy atom. The van der Waals surface area contributed by atoms with E-state index in [0.717, 1.165) is 23.7 Å². The SMILES string of the molecule is COc1ncc(Br)cc1CO[C@H]1[C@H](C(C)(C)C)[C@@H](C(=O)O)N(C(=O)C2CCCCC2)[C@H]1c1ccccc1F. The van der Waals surface area contributed by atoms with Crippen LogP contribution in [0.4, 0.5) is 4.39 Å². The minimum atomic E-state index is -1.17. The molecule has 1 aliphatic heterocycles. The van der Waals surface area contributed by atoms with E-state index in [0.29, 0.717) is 24.3 Å². The first kappa shape index (κ1) is 28.5. The molecular weight excluding hydrogens is 555 g/mol. The van der Waals surface area contributed by atoms with E-state index >= 15 is 4.39 Å². The third kappa shape index (κ3) is 5.73. The number of carbonyl (C=O) groups excluding carboxylic acids is 1. The first-order valence-electron chi connectivity index (χ1n) is 13.1. The van der Waals surface area contributed by atoms with Gasteiger partial charge in [0.1, 0.15) is 11.9 Å². The van der Waals surface area contributed by atoms with E-state index < -0.39 is 41.3 Å². The summed E-state index contributed by atoms with van der Waals surface area (Å²) in [5.74, 6) is -2.34. The number of hydrogen-bond acceptors (Lipinski definition) is 5. The summed E-state index contributed by atoms with van der Waals surface area (Å²) in [4.78, 5) is 32.7. The molecule has 1 aliphatic carbocycles. The summed E-state index contributed by atoms with van der Waals surface area (Å²) in [6, 6.07) is 6.03. The molecular formula is C29H36BrFN2O5. The Labute approximate surface area is 231 Å². The summed E-state index contributed by atoms with van der Waals surface area (Å²) in [7, 11) is 1.51. The Balaban J connectivity index is 1.84. The number of aromatic nitrogens is 1. The number of pyridine rings is 1. The molecule has 2 aromatic rings. The van der Waals surface area contributed by atoms with Crippen molar-refractivity contribution in [1.82, 2.24) is 9.88 Å². The van der Waals surface area contributed by atoms with Crippen molar-refractivity contribution in [1.29, 1.82) is 0 Å². The van der Waals surface area contributed by atoms with Gasteiger partial charge in [0.2, 0.25) is 11.8 Å². The second kappa shape index (κ2) is 11.7. The summed E-state index contributed by atoms with van der Waals surface area (Å²) in [5, 5.41) is 10.5. The number of carboxylic acid groups (broad SMARTS) is 1. The standard InChI is InChI=1S/C29H36BrFN2O5/c1-29(2,3)22-24(28(35)36)33(27(34)17-10-6-5-7-11-17)23(20-12-8-9-13-21(20)31)25(22)38-16-18-14-19(30)15-32-26(18)37-4/h8-9,12-15,17,22-25H,5-7,10-11,16H2,1-4H3,(H,35,36)/t22-,23+,24+,25+/m1/s1. The van der Waals surface area contributed by atoms with Crippen molar-refractivity contribution in [3.05, 3.63) is 57.9 Å². The Morgan fingerprint density at radius 3 is 2.47 bits per heavy atom. The number of carbonyl (C=O) groups is 2. The monoisotopic (exact) mass is 590 g/mol. The molecule has 0 spiro atoms. The van der Waals surface area contributed by atoms with Crippen LogP contribution in [0.15, 0.2) is 41.0 Å². The largest absolute Gasteiger partial charge is 0.481 e. The van der Waals surface area contributed by atoms with Crippen LogP contribution < -0.4 is 4.74 Å². The number of carboxylic acids is 1. The predicted molar refractivity (Wildman–Crippen MR) is 144 cm³/mol. The molecule has 9 heteroatoms. The molecule has 0 unspecified atom stereocenters. The summed E-state index contributed by atoms with van der Waals surface area (Å²) in [6.07, 6.45) is 5.14. The Bertz CT molecular complexity index is 1160. The van der Waals surface area contributed by atoms with Gasteiger partial charge >= 0.3 is 5.97 Å². The number of ether oxygens (including phenoxy) is 2. The molecule has 1 saturated carbocycles. The smallest absolute Gasteiger partial charge is 0.326 e. The minimum Gasteiger partial charge on any atom is -0.481 e. The van der Waals surface area contributed by atoms with E-state index in [1.807, 2.05) is 26.8 Å². The van der Waals surface area contributed by atoms with Gasteiger partial charge in [0.25, 0.3) is 0 Å². The summed E-state index contributed by atoms with van der Waals surface area (Å²) in [6.45, 7) is 5.88. The van der Waals surface area contributed by atoms with Gasteiger partial charge in [-0.25, -0.2) is 14.2 Å². The average Bonchev–Trinajstić information content (AvgIpc) is 3.23. The highest BCUT2D eigenvalue weighted by atomic mass is 79.9. The van der Waals surface area contributed by atoms with Gasteiger partial charge in [-0.05, 0) is 46.3 Å². The molecule has 206 valence electrons. The number of hydrogen-bond donors (Lipinski definition) is 1. The minimum absolute atomic E-state index is 0.0512. The van der Waals surface area contributed by atoms with E-state index in [4.69, 9.17) is 9.47 Å². The molecule has 7 nitrogen and oxygen atoms in total. The van der Waals surface area contributed by atoms with Crippen LogP contribution in [0, 0.1) is 23.1 Å². The van der Waals surface area contributed by atoms with Crippen LogP contribution in [0.1, 0.15) is 70.0 Å². The van der Waals surface area contributed by atoms with Gasteiger partial charge in [0.15, 0.2) is 0 Å². The lowest BCUT2D eigenvalue weighted by Crippen LogP contribution is -2.49. The Hall–Kier alpha value is -2.52. The van der Waals surface area contributed by atoms with Crippen molar-refractivity contribution in [2.24, 2.45) is 17.3 Å². The van der Waals surface area contributed by atoms with Crippen LogP contribution in [-0.4, -0.2) is 46.1 Å². The van der Waals surface area contributed by atoms with Gasteiger partial charge in [0.05, 0.1) is 25.9 Å². The van der Waals surface area contributed by atoms with Gasteiger partial charge in [-0.2, -0.15) is 0 Å². The number of methoxy groups -OCH3 is 1. The third-order valence-corrected chi connectivity index (χ3v) is 8.24. The lowest BCUT2D eigenvalue weighted by atomic mass is 9.73. The number of nitrogens with zero attached hydrogens (tertiary/aromatic N) is 2. The lowest BCUT2D eigenvalue weighted by Gasteiger charge is -2.35. The fourth-order valence-corrected chi connectivity index (χ4v) is 6.51. The molecule has 1 saturated heterocycles. The highest BCUT2D eigenvalue weighted by molar-refractivity contribution is 9.10. The molecule has 1 aromatic carbocycles. The summed E-state index contributed by atoms with van der Waals surface area (Å²) < 4.78 is 28.1. The van der Waals surface area contributed by atoms with E-state index in [1.54, 1.807) is 24.4 Å². The average molecular weight is 592 g/mol. The topological polar surface area (TPSA) is 89.0 Å². The van der Waals surface area contributed by atoms with Crippen molar-refractivity contribution in [3.8, 4) is 5.88 Å². The number of rotatable bonds is 7. The molecule has 2 fully saturated rings. The number of halogens is 2. The van der Waals surface area contributed by atoms with Gasteiger partial charge < -0.3 is 19.5 Å². The first-order chi connectivity index (χ1) is 18.0. The maximum absolute atomic E-state index is 15.4. The van der Waals surface area contributed by atoms with Gasteiger partial charge in [-0.3, -0.25) is 4.79 Å². The Kier molecular flexibility index (Phi) is 8.77. The van der Waals surface area contributed by atoms with Crippen molar-refractivity contribution >= 4 is 27.8 Å². The van der Waals surface area contributed by atoms with Crippen LogP contribution in [0.5, 0.6) is 5.88 Å². The molecule has 4 atom stereocenters. The molecule has 2 aliphatic rings. The maximum atomic E-state index is 15.4. The zero-order valence-corrected chi connectivity index (χ0v) is 23.9.